The number of aromatic nitrogens is 2. The highest BCUT2D eigenvalue weighted by molar-refractivity contribution is 5.74. The molecule has 0 radical (unpaired) electrons. The van der Waals surface area contributed by atoms with Gasteiger partial charge < -0.3 is 9.64 Å². The number of carbonyl (C=O) groups excluding carboxylic acids is 1. The topological polar surface area (TPSA) is 58.6 Å². The van der Waals surface area contributed by atoms with Gasteiger partial charge in [-0.3, -0.25) is 9.69 Å². The lowest BCUT2D eigenvalue weighted by Gasteiger charge is -2.29. The molecule has 0 bridgehead atoms. The molecule has 2 aliphatic heterocycles. The van der Waals surface area contributed by atoms with Gasteiger partial charge in [-0.1, -0.05) is 12.1 Å². The summed E-state index contributed by atoms with van der Waals surface area (Å²) >= 11 is 0. The Morgan fingerprint density at radius 2 is 2.22 bits per heavy atom. The van der Waals surface area contributed by atoms with E-state index >= 15 is 0 Å². The predicted octanol–water partition coefficient (Wildman–Crippen LogP) is 2.73. The molecule has 0 N–H and O–H groups in total. The van der Waals surface area contributed by atoms with Gasteiger partial charge >= 0.3 is 0 Å². The fourth-order valence-electron chi connectivity index (χ4n) is 4.13. The van der Waals surface area contributed by atoms with Crippen molar-refractivity contribution >= 4 is 5.91 Å². The van der Waals surface area contributed by atoms with Crippen molar-refractivity contribution in [2.75, 3.05) is 20.2 Å². The van der Waals surface area contributed by atoms with E-state index in [9.17, 15) is 4.79 Å². The number of methoxy groups -OCH3 is 1. The van der Waals surface area contributed by atoms with E-state index in [4.69, 9.17) is 9.72 Å². The van der Waals surface area contributed by atoms with Crippen LogP contribution in [0.4, 0.5) is 0 Å². The first-order valence-corrected chi connectivity index (χ1v) is 9.61. The second kappa shape index (κ2) is 7.64. The van der Waals surface area contributed by atoms with Crippen LogP contribution in [0.2, 0.25) is 0 Å². The van der Waals surface area contributed by atoms with Crippen LogP contribution in [0.5, 0.6) is 5.75 Å². The third kappa shape index (κ3) is 3.81. The van der Waals surface area contributed by atoms with Gasteiger partial charge in [0.1, 0.15) is 5.75 Å². The van der Waals surface area contributed by atoms with Crippen LogP contribution in [0.3, 0.4) is 0 Å². The highest BCUT2D eigenvalue weighted by atomic mass is 16.5. The Morgan fingerprint density at radius 3 is 3.04 bits per heavy atom. The molecular weight excluding hydrogens is 340 g/mol. The minimum Gasteiger partial charge on any atom is -0.497 e. The van der Waals surface area contributed by atoms with Crippen molar-refractivity contribution in [2.45, 2.75) is 45.3 Å². The van der Waals surface area contributed by atoms with Gasteiger partial charge in [-0.2, -0.15) is 0 Å². The normalized spacial score (nSPS) is 19.8. The molecule has 0 unspecified atom stereocenters. The van der Waals surface area contributed by atoms with Gasteiger partial charge in [-0.05, 0) is 30.5 Å². The number of amides is 1. The van der Waals surface area contributed by atoms with Gasteiger partial charge in [0.05, 0.1) is 13.2 Å². The first kappa shape index (κ1) is 17.9. The molecule has 2 aromatic rings. The first-order chi connectivity index (χ1) is 13.1. The van der Waals surface area contributed by atoms with Gasteiger partial charge in [0.15, 0.2) is 5.82 Å². The van der Waals surface area contributed by atoms with Crippen LogP contribution >= 0.6 is 0 Å². The number of rotatable bonds is 4. The van der Waals surface area contributed by atoms with Crippen LogP contribution < -0.4 is 4.74 Å². The highest BCUT2D eigenvalue weighted by Gasteiger charge is 2.31. The second-order valence-corrected chi connectivity index (χ2v) is 7.38. The first-order valence-electron chi connectivity index (χ1n) is 9.61. The van der Waals surface area contributed by atoms with Crippen molar-refractivity contribution in [3.63, 3.8) is 0 Å². The number of nitrogens with zero attached hydrogens (tertiary/aromatic N) is 4. The summed E-state index contributed by atoms with van der Waals surface area (Å²) in [5.41, 5.74) is 3.58. The Labute approximate surface area is 160 Å². The standard InChI is InChI=1S/C21H26N4O2/c1-15(26)25-9-4-7-20(25)21-22-12-17-14-24(10-8-19(17)23-21)13-16-5-3-6-18(11-16)27-2/h3,5-6,11-12,20H,4,7-10,13-14H2,1-2H3/t20-/m0/s1. The lowest BCUT2D eigenvalue weighted by atomic mass is 10.1. The number of benzene rings is 1. The van der Waals surface area contributed by atoms with Crippen LogP contribution in [0.15, 0.2) is 30.5 Å². The molecule has 2 aliphatic rings. The molecule has 1 fully saturated rings. The van der Waals surface area contributed by atoms with Crippen LogP contribution in [0, 0.1) is 0 Å². The zero-order chi connectivity index (χ0) is 18.8. The van der Waals surface area contributed by atoms with Crippen LogP contribution in [-0.2, 0) is 24.3 Å². The van der Waals surface area contributed by atoms with Gasteiger partial charge in [0.25, 0.3) is 0 Å². The molecule has 6 heteroatoms. The predicted molar refractivity (Wildman–Crippen MR) is 102 cm³/mol. The molecule has 1 aromatic heterocycles. The number of carbonyl (C=O) groups is 1. The monoisotopic (exact) mass is 366 g/mol. The smallest absolute Gasteiger partial charge is 0.220 e. The van der Waals surface area contributed by atoms with Crippen molar-refractivity contribution in [3.8, 4) is 5.75 Å². The highest BCUT2D eigenvalue weighted by Crippen LogP contribution is 2.31. The van der Waals surface area contributed by atoms with Gasteiger partial charge in [-0.25, -0.2) is 9.97 Å². The molecule has 0 spiro atoms. The summed E-state index contributed by atoms with van der Waals surface area (Å²) in [6, 6.07) is 8.27. The maximum absolute atomic E-state index is 11.8. The summed E-state index contributed by atoms with van der Waals surface area (Å²) in [7, 11) is 1.70. The molecule has 1 atom stereocenters. The van der Waals surface area contributed by atoms with Gasteiger partial charge in [0, 0.05) is 57.0 Å². The average Bonchev–Trinajstić information content (AvgIpc) is 3.18. The zero-order valence-electron chi connectivity index (χ0n) is 16.0. The number of fused-ring (bicyclic) bond motifs is 1. The fraction of sp³-hybridized carbons (Fsp3) is 0.476. The number of ether oxygens (including phenoxy) is 1. The van der Waals surface area contributed by atoms with E-state index in [2.05, 4.69) is 22.0 Å². The third-order valence-electron chi connectivity index (χ3n) is 5.53. The molecule has 4 rings (SSSR count). The lowest BCUT2D eigenvalue weighted by Crippen LogP contribution is -2.32. The fourth-order valence-corrected chi connectivity index (χ4v) is 4.13. The van der Waals surface area contributed by atoms with Gasteiger partial charge in [0.2, 0.25) is 5.91 Å². The number of hydrogen-bond acceptors (Lipinski definition) is 5. The molecule has 142 valence electrons. The molecule has 0 aliphatic carbocycles. The summed E-state index contributed by atoms with van der Waals surface area (Å²) in [6.45, 7) is 5.16. The summed E-state index contributed by atoms with van der Waals surface area (Å²) < 4.78 is 5.32. The maximum atomic E-state index is 11.8. The Balaban J connectivity index is 1.47. The average molecular weight is 366 g/mol. The summed E-state index contributed by atoms with van der Waals surface area (Å²) in [6.07, 6.45) is 4.87. The Hall–Kier alpha value is -2.47. The van der Waals surface area contributed by atoms with E-state index in [0.717, 1.165) is 62.7 Å². The molecule has 27 heavy (non-hydrogen) atoms. The molecule has 1 saturated heterocycles. The van der Waals surface area contributed by atoms with Crippen LogP contribution in [0.1, 0.15) is 48.5 Å². The minimum absolute atomic E-state index is 0.0441. The second-order valence-electron chi connectivity index (χ2n) is 7.38. The van der Waals surface area contributed by atoms with E-state index in [1.165, 1.54) is 11.1 Å². The molecule has 1 aromatic carbocycles. The van der Waals surface area contributed by atoms with E-state index in [-0.39, 0.29) is 11.9 Å². The van der Waals surface area contributed by atoms with Crippen molar-refractivity contribution in [1.82, 2.24) is 19.8 Å². The molecule has 3 heterocycles. The third-order valence-corrected chi connectivity index (χ3v) is 5.53. The Kier molecular flexibility index (Phi) is 5.07. The van der Waals surface area contributed by atoms with Crippen molar-refractivity contribution in [1.29, 1.82) is 0 Å². The van der Waals surface area contributed by atoms with E-state index in [1.807, 2.05) is 23.2 Å². The summed E-state index contributed by atoms with van der Waals surface area (Å²) in [5, 5.41) is 0. The van der Waals surface area contributed by atoms with E-state index in [0.29, 0.717) is 0 Å². The zero-order valence-corrected chi connectivity index (χ0v) is 16.0. The molecular formula is C21H26N4O2. The quantitative estimate of drug-likeness (QED) is 0.833. The largest absolute Gasteiger partial charge is 0.497 e. The van der Waals surface area contributed by atoms with Gasteiger partial charge in [-0.15, -0.1) is 0 Å². The van der Waals surface area contributed by atoms with E-state index < -0.39 is 0 Å². The minimum atomic E-state index is 0.0441. The number of hydrogen-bond donors (Lipinski definition) is 0. The van der Waals surface area contributed by atoms with E-state index in [1.54, 1.807) is 14.0 Å². The van der Waals surface area contributed by atoms with Crippen molar-refractivity contribution in [3.05, 3.63) is 53.1 Å². The Bertz CT molecular complexity index is 839. The van der Waals surface area contributed by atoms with Crippen molar-refractivity contribution in [2.24, 2.45) is 0 Å². The SMILES string of the molecule is COc1cccc(CN2CCc3nc([C@@H]4CCCN4C(C)=O)ncc3C2)c1. The Morgan fingerprint density at radius 1 is 1.33 bits per heavy atom. The lowest BCUT2D eigenvalue weighted by molar-refractivity contribution is -0.129. The molecule has 1 amide bonds. The van der Waals surface area contributed by atoms with Crippen molar-refractivity contribution < 1.29 is 9.53 Å². The summed E-state index contributed by atoms with van der Waals surface area (Å²) in [4.78, 5) is 25.6. The summed E-state index contributed by atoms with van der Waals surface area (Å²) in [5.74, 6) is 1.82. The van der Waals surface area contributed by atoms with Crippen LogP contribution in [-0.4, -0.2) is 45.9 Å². The van der Waals surface area contributed by atoms with Crippen LogP contribution in [0.25, 0.3) is 0 Å². The molecule has 0 saturated carbocycles. The number of likely N-dealkylation sites (tertiary alicyclic amines) is 1. The maximum Gasteiger partial charge on any atom is 0.220 e. The molecule has 6 nitrogen and oxygen atoms in total.